The Labute approximate surface area is 170 Å². The van der Waals surface area contributed by atoms with Crippen LogP contribution < -0.4 is 4.74 Å². The number of halogens is 2. The van der Waals surface area contributed by atoms with Gasteiger partial charge in [0.05, 0.1) is 12.7 Å². The van der Waals surface area contributed by atoms with Crippen LogP contribution in [0.5, 0.6) is 5.75 Å². The Morgan fingerprint density at radius 1 is 1.32 bits per heavy atom. The van der Waals surface area contributed by atoms with Crippen molar-refractivity contribution in [3.8, 4) is 5.75 Å². The summed E-state index contributed by atoms with van der Waals surface area (Å²) in [6.45, 7) is 3.94. The van der Waals surface area contributed by atoms with Crippen molar-refractivity contribution in [1.82, 2.24) is 4.90 Å². The molecule has 1 aliphatic rings. The molecule has 5 nitrogen and oxygen atoms in total. The van der Waals surface area contributed by atoms with Crippen molar-refractivity contribution in [2.45, 2.75) is 19.1 Å². The molecular formula is C21H25ClFNO4. The van der Waals surface area contributed by atoms with Gasteiger partial charge < -0.3 is 14.6 Å². The number of morpholine rings is 1. The maximum absolute atomic E-state index is 13.4. The van der Waals surface area contributed by atoms with Crippen LogP contribution in [0.3, 0.4) is 0 Å². The highest BCUT2D eigenvalue weighted by atomic mass is 35.5. The van der Waals surface area contributed by atoms with Crippen LogP contribution in [0.25, 0.3) is 0 Å². The van der Waals surface area contributed by atoms with Gasteiger partial charge >= 0.3 is 0 Å². The van der Waals surface area contributed by atoms with Crippen LogP contribution in [-0.2, 0) is 4.74 Å². The molecule has 3 rings (SSSR count). The molecule has 1 saturated heterocycles. The van der Waals surface area contributed by atoms with Crippen molar-refractivity contribution in [3.63, 3.8) is 0 Å². The smallest absolute Gasteiger partial charge is 0.159 e. The lowest BCUT2D eigenvalue weighted by Gasteiger charge is -2.34. The molecule has 2 unspecified atom stereocenters. The number of ketones is 1. The molecule has 0 radical (unpaired) electrons. The van der Waals surface area contributed by atoms with Crippen molar-refractivity contribution in [1.29, 1.82) is 0 Å². The molecule has 28 heavy (non-hydrogen) atoms. The molecule has 1 heterocycles. The summed E-state index contributed by atoms with van der Waals surface area (Å²) in [7, 11) is 0. The quantitative estimate of drug-likeness (QED) is 0.711. The fraction of sp³-hybridized carbons (Fsp3) is 0.381. The van der Waals surface area contributed by atoms with Gasteiger partial charge in [-0.1, -0.05) is 12.1 Å². The summed E-state index contributed by atoms with van der Waals surface area (Å²) in [5.41, 5.74) is 1.43. The normalized spacial score (nSPS) is 18.2. The van der Waals surface area contributed by atoms with E-state index in [4.69, 9.17) is 9.47 Å². The minimum Gasteiger partial charge on any atom is -0.491 e. The fourth-order valence-electron chi connectivity index (χ4n) is 3.11. The van der Waals surface area contributed by atoms with Gasteiger partial charge in [0, 0.05) is 25.2 Å². The van der Waals surface area contributed by atoms with Gasteiger partial charge in [-0.2, -0.15) is 0 Å². The molecule has 1 aliphatic heterocycles. The summed E-state index contributed by atoms with van der Waals surface area (Å²) < 4.78 is 24.8. The number of hydrogen-bond donors (Lipinski definition) is 1. The predicted octanol–water partition coefficient (Wildman–Crippen LogP) is 3.26. The van der Waals surface area contributed by atoms with Crippen LogP contribution in [0.4, 0.5) is 4.39 Å². The first-order valence-corrected chi connectivity index (χ1v) is 9.02. The van der Waals surface area contributed by atoms with E-state index in [1.807, 2.05) is 6.07 Å². The lowest BCUT2D eigenvalue weighted by atomic mass is 10.1. The average Bonchev–Trinajstić information content (AvgIpc) is 2.67. The summed E-state index contributed by atoms with van der Waals surface area (Å²) in [5.74, 6) is 0.331. The predicted molar refractivity (Wildman–Crippen MR) is 107 cm³/mol. The van der Waals surface area contributed by atoms with E-state index >= 15 is 0 Å². The highest BCUT2D eigenvalue weighted by Gasteiger charge is 2.24. The molecule has 1 N–H and O–H groups in total. The average molecular weight is 410 g/mol. The first kappa shape index (κ1) is 22.3. The molecule has 2 aromatic carbocycles. The number of Topliss-reactive ketones (excluding diaryl/α,β-unsaturated/α-hetero) is 1. The second-order valence-electron chi connectivity index (χ2n) is 6.72. The van der Waals surface area contributed by atoms with Gasteiger partial charge in [0.15, 0.2) is 5.78 Å². The van der Waals surface area contributed by atoms with E-state index in [2.05, 4.69) is 4.90 Å². The molecule has 2 aromatic rings. The zero-order valence-corrected chi connectivity index (χ0v) is 16.5. The van der Waals surface area contributed by atoms with Crippen LogP contribution >= 0.6 is 12.4 Å². The second-order valence-corrected chi connectivity index (χ2v) is 6.72. The molecule has 0 saturated carbocycles. The Hall–Kier alpha value is -1.99. The van der Waals surface area contributed by atoms with Gasteiger partial charge in [0.1, 0.15) is 24.3 Å². The van der Waals surface area contributed by atoms with Gasteiger partial charge in [-0.15, -0.1) is 12.4 Å². The summed E-state index contributed by atoms with van der Waals surface area (Å²) in [4.78, 5) is 13.4. The molecule has 0 aliphatic carbocycles. The van der Waals surface area contributed by atoms with Crippen LogP contribution in [-0.4, -0.2) is 54.7 Å². The second kappa shape index (κ2) is 10.5. The highest BCUT2D eigenvalue weighted by molar-refractivity contribution is 5.94. The fourth-order valence-corrected chi connectivity index (χ4v) is 3.11. The molecular weight excluding hydrogens is 385 g/mol. The summed E-state index contributed by atoms with van der Waals surface area (Å²) in [6, 6.07) is 13.3. The molecule has 0 bridgehead atoms. The van der Waals surface area contributed by atoms with Crippen LogP contribution in [0.15, 0.2) is 48.5 Å². The van der Waals surface area contributed by atoms with Gasteiger partial charge in [-0.3, -0.25) is 9.69 Å². The Kier molecular flexibility index (Phi) is 8.38. The van der Waals surface area contributed by atoms with Crippen molar-refractivity contribution in [3.05, 3.63) is 65.5 Å². The number of ether oxygens (including phenoxy) is 2. The number of carbonyl (C=O) groups excluding carboxylic acids is 1. The molecule has 2 atom stereocenters. The van der Waals surface area contributed by atoms with Gasteiger partial charge in [0.2, 0.25) is 0 Å². The number of hydrogen-bond acceptors (Lipinski definition) is 5. The number of carbonyl (C=O) groups is 1. The van der Waals surface area contributed by atoms with Crippen molar-refractivity contribution in [2.75, 3.05) is 32.8 Å². The van der Waals surface area contributed by atoms with Crippen LogP contribution in [0.2, 0.25) is 0 Å². The Bertz CT molecular complexity index is 771. The standard InChI is InChI=1S/C21H24FNO4.ClH/c1-15(24)16-5-7-20(8-6-16)27-14-19(25)12-23-9-10-26-21(13-23)17-3-2-4-18(22)11-17;/h2-8,11,19,21,25H,9-10,12-14H2,1H3;1H. The van der Waals surface area contributed by atoms with E-state index in [1.54, 1.807) is 30.3 Å². The SMILES string of the molecule is CC(=O)c1ccc(OCC(O)CN2CCOC(c3cccc(F)c3)C2)cc1.Cl. The third-order valence-electron chi connectivity index (χ3n) is 4.54. The first-order chi connectivity index (χ1) is 13.0. The summed E-state index contributed by atoms with van der Waals surface area (Å²) in [5, 5.41) is 10.3. The monoisotopic (exact) mass is 409 g/mol. The first-order valence-electron chi connectivity index (χ1n) is 9.02. The molecule has 7 heteroatoms. The summed E-state index contributed by atoms with van der Waals surface area (Å²) in [6.07, 6.45) is -0.870. The van der Waals surface area contributed by atoms with E-state index in [-0.39, 0.29) is 36.7 Å². The number of benzene rings is 2. The van der Waals surface area contributed by atoms with Gasteiger partial charge in [0.25, 0.3) is 0 Å². The number of aliphatic hydroxyl groups is 1. The number of β-amino-alcohol motifs (C(OH)–C–C–N with tert-alkyl or cyclic N) is 1. The topological polar surface area (TPSA) is 59.0 Å². The number of aliphatic hydroxyl groups excluding tert-OH is 1. The molecule has 0 amide bonds. The number of rotatable bonds is 7. The third kappa shape index (κ3) is 6.27. The van der Waals surface area contributed by atoms with Crippen molar-refractivity contribution in [2.24, 2.45) is 0 Å². The minimum atomic E-state index is -0.663. The van der Waals surface area contributed by atoms with Crippen LogP contribution in [0.1, 0.15) is 28.9 Å². The maximum atomic E-state index is 13.4. The Morgan fingerprint density at radius 2 is 2.07 bits per heavy atom. The van der Waals surface area contributed by atoms with E-state index in [1.165, 1.54) is 19.1 Å². The Balaban J connectivity index is 0.00000280. The molecule has 152 valence electrons. The zero-order chi connectivity index (χ0) is 19.2. The van der Waals surface area contributed by atoms with Gasteiger partial charge in [-0.25, -0.2) is 4.39 Å². The molecule has 0 aromatic heterocycles. The largest absolute Gasteiger partial charge is 0.491 e. The van der Waals surface area contributed by atoms with Crippen LogP contribution in [0, 0.1) is 5.82 Å². The van der Waals surface area contributed by atoms with E-state index in [9.17, 15) is 14.3 Å². The van der Waals surface area contributed by atoms with Crippen molar-refractivity contribution < 1.29 is 23.8 Å². The van der Waals surface area contributed by atoms with E-state index in [0.717, 1.165) is 5.56 Å². The van der Waals surface area contributed by atoms with E-state index < -0.39 is 6.10 Å². The maximum Gasteiger partial charge on any atom is 0.159 e. The number of nitrogens with zero attached hydrogens (tertiary/aromatic N) is 1. The minimum absolute atomic E-state index is 0. The summed E-state index contributed by atoms with van der Waals surface area (Å²) >= 11 is 0. The molecule has 1 fully saturated rings. The Morgan fingerprint density at radius 3 is 2.75 bits per heavy atom. The zero-order valence-electron chi connectivity index (χ0n) is 15.7. The van der Waals surface area contributed by atoms with E-state index in [0.29, 0.717) is 37.6 Å². The molecule has 0 spiro atoms. The lowest BCUT2D eigenvalue weighted by Crippen LogP contribution is -2.43. The highest BCUT2D eigenvalue weighted by Crippen LogP contribution is 2.23. The lowest BCUT2D eigenvalue weighted by molar-refractivity contribution is -0.0460. The third-order valence-corrected chi connectivity index (χ3v) is 4.54. The van der Waals surface area contributed by atoms with Gasteiger partial charge in [-0.05, 0) is 48.9 Å². The van der Waals surface area contributed by atoms with Crippen molar-refractivity contribution >= 4 is 18.2 Å².